The van der Waals surface area contributed by atoms with E-state index in [0.29, 0.717) is 0 Å². The predicted octanol–water partition coefficient (Wildman–Crippen LogP) is 4.18. The zero-order valence-corrected chi connectivity index (χ0v) is 17.6. The van der Waals surface area contributed by atoms with Gasteiger partial charge in [-0.2, -0.15) is 0 Å². The van der Waals surface area contributed by atoms with E-state index < -0.39 is 0 Å². The number of thiazole rings is 1. The average molecular weight is 410 g/mol. The number of rotatable bonds is 7. The minimum atomic E-state index is 0.824. The molecule has 4 rings (SSSR count). The van der Waals surface area contributed by atoms with Crippen LogP contribution in [0.4, 0.5) is 5.69 Å². The fourth-order valence-corrected chi connectivity index (χ4v) is 4.50. The van der Waals surface area contributed by atoms with Crippen molar-refractivity contribution < 1.29 is 9.47 Å². The van der Waals surface area contributed by atoms with E-state index in [1.165, 1.54) is 11.3 Å². The van der Waals surface area contributed by atoms with E-state index in [0.717, 1.165) is 62.1 Å². The summed E-state index contributed by atoms with van der Waals surface area (Å²) < 4.78 is 13.2. The lowest BCUT2D eigenvalue weighted by Gasteiger charge is -2.26. The summed E-state index contributed by atoms with van der Waals surface area (Å²) in [5.41, 5.74) is 3.36. The highest BCUT2D eigenvalue weighted by Gasteiger charge is 2.12. The molecule has 6 heteroatoms. The van der Waals surface area contributed by atoms with Gasteiger partial charge in [0.05, 0.1) is 31.7 Å². The van der Waals surface area contributed by atoms with Gasteiger partial charge in [0, 0.05) is 37.6 Å². The van der Waals surface area contributed by atoms with E-state index in [-0.39, 0.29) is 0 Å². The molecule has 0 atom stereocenters. The fourth-order valence-electron chi connectivity index (χ4n) is 3.54. The number of morpholine rings is 1. The van der Waals surface area contributed by atoms with E-state index in [4.69, 9.17) is 14.5 Å². The molecule has 0 aliphatic carbocycles. The maximum atomic E-state index is 5.46. The standard InChI is InChI=1S/C23H27N3O2S/c1-27-21-10-5-9-20(17-21)24-23-26(12-6-11-25-13-15-28-16-14-25)22(18-29-23)19-7-3-2-4-8-19/h2-5,7-10,17-18H,6,11-16H2,1H3. The molecular formula is C23H27N3O2S. The van der Waals surface area contributed by atoms with Crippen LogP contribution in [0.25, 0.3) is 11.3 Å². The zero-order chi connectivity index (χ0) is 19.9. The zero-order valence-electron chi connectivity index (χ0n) is 16.8. The molecule has 152 valence electrons. The first-order chi connectivity index (χ1) is 14.3. The highest BCUT2D eigenvalue weighted by Crippen LogP contribution is 2.22. The molecule has 29 heavy (non-hydrogen) atoms. The molecule has 1 fully saturated rings. The van der Waals surface area contributed by atoms with Gasteiger partial charge in [0.2, 0.25) is 0 Å². The molecule has 0 amide bonds. The van der Waals surface area contributed by atoms with Crippen molar-refractivity contribution in [3.63, 3.8) is 0 Å². The minimum absolute atomic E-state index is 0.824. The lowest BCUT2D eigenvalue weighted by molar-refractivity contribution is 0.0369. The summed E-state index contributed by atoms with van der Waals surface area (Å²) >= 11 is 1.69. The molecule has 1 saturated heterocycles. The van der Waals surface area contributed by atoms with E-state index in [2.05, 4.69) is 45.2 Å². The third-order valence-electron chi connectivity index (χ3n) is 5.11. The second-order valence-electron chi connectivity index (χ2n) is 7.04. The van der Waals surface area contributed by atoms with Crippen LogP contribution < -0.4 is 9.54 Å². The van der Waals surface area contributed by atoms with Gasteiger partial charge in [-0.15, -0.1) is 11.3 Å². The molecule has 1 aliphatic heterocycles. The molecule has 0 spiro atoms. The Morgan fingerprint density at radius 3 is 2.66 bits per heavy atom. The van der Waals surface area contributed by atoms with Crippen LogP contribution in [0.2, 0.25) is 0 Å². The van der Waals surface area contributed by atoms with Gasteiger partial charge in [0.1, 0.15) is 5.75 Å². The van der Waals surface area contributed by atoms with Crippen molar-refractivity contribution in [3.8, 4) is 17.0 Å². The van der Waals surface area contributed by atoms with Crippen molar-refractivity contribution in [2.45, 2.75) is 13.0 Å². The molecular weight excluding hydrogens is 382 g/mol. The Labute approximate surface area is 175 Å². The summed E-state index contributed by atoms with van der Waals surface area (Å²) in [5.74, 6) is 0.824. The number of hydrogen-bond donors (Lipinski definition) is 0. The van der Waals surface area contributed by atoms with Crippen LogP contribution in [0, 0.1) is 0 Å². The second-order valence-corrected chi connectivity index (χ2v) is 7.88. The average Bonchev–Trinajstić information content (AvgIpc) is 3.17. The van der Waals surface area contributed by atoms with Crippen LogP contribution in [0.3, 0.4) is 0 Å². The van der Waals surface area contributed by atoms with Crippen molar-refractivity contribution in [3.05, 3.63) is 64.8 Å². The summed E-state index contributed by atoms with van der Waals surface area (Å²) in [7, 11) is 1.68. The van der Waals surface area contributed by atoms with Crippen molar-refractivity contribution >= 4 is 17.0 Å². The largest absolute Gasteiger partial charge is 0.497 e. The first-order valence-corrected chi connectivity index (χ1v) is 10.9. The van der Waals surface area contributed by atoms with Gasteiger partial charge in [0.15, 0.2) is 4.80 Å². The second kappa shape index (κ2) is 9.87. The van der Waals surface area contributed by atoms with Crippen molar-refractivity contribution in [2.75, 3.05) is 40.0 Å². The Hall–Kier alpha value is -2.41. The number of ether oxygens (including phenoxy) is 2. The summed E-state index contributed by atoms with van der Waals surface area (Å²) in [6.07, 6.45) is 1.09. The van der Waals surface area contributed by atoms with Crippen LogP contribution in [0.1, 0.15) is 6.42 Å². The summed E-state index contributed by atoms with van der Waals surface area (Å²) in [6, 6.07) is 18.5. The molecule has 5 nitrogen and oxygen atoms in total. The van der Waals surface area contributed by atoms with Gasteiger partial charge in [-0.1, -0.05) is 36.4 Å². The summed E-state index contributed by atoms with van der Waals surface area (Å²) in [5, 5.41) is 2.21. The Morgan fingerprint density at radius 2 is 1.86 bits per heavy atom. The molecule has 0 N–H and O–H groups in total. The van der Waals surface area contributed by atoms with Crippen LogP contribution in [0.15, 0.2) is 65.0 Å². The fraction of sp³-hybridized carbons (Fsp3) is 0.348. The topological polar surface area (TPSA) is 39.0 Å². The van der Waals surface area contributed by atoms with Gasteiger partial charge >= 0.3 is 0 Å². The van der Waals surface area contributed by atoms with Crippen molar-refractivity contribution in [1.82, 2.24) is 9.47 Å². The number of methoxy groups -OCH3 is 1. The third-order valence-corrected chi connectivity index (χ3v) is 5.97. The summed E-state index contributed by atoms with van der Waals surface area (Å²) in [6.45, 7) is 5.77. The quantitative estimate of drug-likeness (QED) is 0.588. The first kappa shape index (κ1) is 19.9. The molecule has 1 aromatic heterocycles. The predicted molar refractivity (Wildman–Crippen MR) is 118 cm³/mol. The lowest BCUT2D eigenvalue weighted by Crippen LogP contribution is -2.37. The highest BCUT2D eigenvalue weighted by atomic mass is 32.1. The Bertz CT molecular complexity index is 975. The van der Waals surface area contributed by atoms with Crippen molar-refractivity contribution in [1.29, 1.82) is 0 Å². The molecule has 0 bridgehead atoms. The van der Waals surface area contributed by atoms with Gasteiger partial charge in [-0.05, 0) is 24.1 Å². The van der Waals surface area contributed by atoms with Crippen LogP contribution in [0.5, 0.6) is 5.75 Å². The normalized spacial score (nSPS) is 15.6. The Kier molecular flexibility index (Phi) is 6.77. The molecule has 2 aromatic carbocycles. The number of nitrogens with zero attached hydrogens (tertiary/aromatic N) is 3. The van der Waals surface area contributed by atoms with Gasteiger partial charge < -0.3 is 14.0 Å². The SMILES string of the molecule is COc1cccc(N=c2scc(-c3ccccc3)n2CCCN2CCOCC2)c1. The third kappa shape index (κ3) is 5.15. The van der Waals surface area contributed by atoms with E-state index in [1.54, 1.807) is 18.4 Å². The van der Waals surface area contributed by atoms with Gasteiger partial charge in [0.25, 0.3) is 0 Å². The number of aromatic nitrogens is 1. The number of hydrogen-bond acceptors (Lipinski definition) is 5. The molecule has 2 heterocycles. The van der Waals surface area contributed by atoms with E-state index >= 15 is 0 Å². The van der Waals surface area contributed by atoms with Crippen LogP contribution >= 0.6 is 11.3 Å². The van der Waals surface area contributed by atoms with Gasteiger partial charge in [-0.25, -0.2) is 4.99 Å². The maximum absolute atomic E-state index is 5.46. The Balaban J connectivity index is 1.62. The van der Waals surface area contributed by atoms with Crippen LogP contribution in [-0.2, 0) is 11.3 Å². The van der Waals surface area contributed by atoms with Crippen LogP contribution in [-0.4, -0.2) is 49.4 Å². The van der Waals surface area contributed by atoms with E-state index in [1.807, 2.05) is 24.3 Å². The highest BCUT2D eigenvalue weighted by molar-refractivity contribution is 7.07. The first-order valence-electron chi connectivity index (χ1n) is 10.1. The summed E-state index contributed by atoms with van der Waals surface area (Å²) in [4.78, 5) is 8.43. The molecule has 0 saturated carbocycles. The molecule has 0 radical (unpaired) electrons. The monoisotopic (exact) mass is 409 g/mol. The molecule has 1 aliphatic rings. The smallest absolute Gasteiger partial charge is 0.190 e. The van der Waals surface area contributed by atoms with E-state index in [9.17, 15) is 0 Å². The maximum Gasteiger partial charge on any atom is 0.190 e. The van der Waals surface area contributed by atoms with Gasteiger partial charge in [-0.3, -0.25) is 4.90 Å². The number of benzene rings is 2. The molecule has 0 unspecified atom stereocenters. The Morgan fingerprint density at radius 1 is 1.03 bits per heavy atom. The molecule has 3 aromatic rings. The lowest BCUT2D eigenvalue weighted by atomic mass is 10.2. The minimum Gasteiger partial charge on any atom is -0.497 e. The van der Waals surface area contributed by atoms with Crippen molar-refractivity contribution in [2.24, 2.45) is 4.99 Å².